The van der Waals surface area contributed by atoms with Crippen molar-refractivity contribution in [3.63, 3.8) is 0 Å². The average molecular weight is 760 g/mol. The number of alkyl halides is 1. The van der Waals surface area contributed by atoms with E-state index in [-0.39, 0.29) is 56.5 Å². The van der Waals surface area contributed by atoms with Crippen LogP contribution in [0.4, 0.5) is 4.79 Å². The lowest BCUT2D eigenvalue weighted by Gasteiger charge is -2.59. The molecule has 0 aromatic heterocycles. The number of benzene rings is 1. The number of aliphatic hydroxyl groups excluding tert-OH is 2. The Kier molecular flexibility index (Phi) is 14.4. The van der Waals surface area contributed by atoms with E-state index in [0.29, 0.717) is 37.5 Å². The van der Waals surface area contributed by atoms with Gasteiger partial charge in [0.25, 0.3) is 0 Å². The van der Waals surface area contributed by atoms with Crippen LogP contribution in [0, 0.1) is 17.8 Å². The first-order valence-corrected chi connectivity index (χ1v) is 20.1. The van der Waals surface area contributed by atoms with E-state index < -0.39 is 30.1 Å². The fourth-order valence-corrected chi connectivity index (χ4v) is 8.75. The standard InChI is InChI=1S/C40H58ClN3O9/c1-3-21-51-40-35(43(2)39(47)50-23-15-41)27-33(42-53-36-12-6-9-22-49-36)31-25-28(10-4-7-19-45)30(11-5-8-20-46)37(38(31)40)32-26-29(13-14-34(32)52-40)48-24-18-44-16-17-44/h3,13-14,25-26,28,30,35-38,45-46H,1,4-12,15-24,27H2,2H3. The third-order valence-corrected chi connectivity index (χ3v) is 11.5. The second-order valence-corrected chi connectivity index (χ2v) is 15.2. The summed E-state index contributed by atoms with van der Waals surface area (Å²) in [4.78, 5) is 23.7. The summed E-state index contributed by atoms with van der Waals surface area (Å²) < 4.78 is 31.9. The number of fused-ring (bicyclic) bond motifs is 2. The van der Waals surface area contributed by atoms with E-state index in [1.54, 1.807) is 18.0 Å². The molecule has 1 aromatic rings. The first kappa shape index (κ1) is 39.8. The number of carbonyl (C=O) groups is 1. The predicted molar refractivity (Wildman–Crippen MR) is 201 cm³/mol. The Hall–Kier alpha value is -2.87. The van der Waals surface area contributed by atoms with Crippen LogP contribution in [-0.2, 0) is 19.0 Å². The summed E-state index contributed by atoms with van der Waals surface area (Å²) in [5.41, 5.74) is 2.71. The van der Waals surface area contributed by atoms with Gasteiger partial charge in [-0.1, -0.05) is 30.1 Å². The van der Waals surface area contributed by atoms with Gasteiger partial charge in [-0.15, -0.1) is 18.2 Å². The third kappa shape index (κ3) is 9.33. The van der Waals surface area contributed by atoms with E-state index in [9.17, 15) is 15.0 Å². The highest BCUT2D eigenvalue weighted by Gasteiger charge is 2.65. The average Bonchev–Trinajstić information content (AvgIpc) is 4.01. The molecular weight excluding hydrogens is 702 g/mol. The number of oxime groups is 1. The summed E-state index contributed by atoms with van der Waals surface area (Å²) in [6.45, 7) is 8.76. The number of rotatable bonds is 20. The molecule has 1 saturated carbocycles. The monoisotopic (exact) mass is 759 g/mol. The van der Waals surface area contributed by atoms with Crippen molar-refractivity contribution in [2.45, 2.75) is 88.2 Å². The normalized spacial score (nSPS) is 29.7. The van der Waals surface area contributed by atoms with Gasteiger partial charge in [-0.05, 0) is 74.1 Å². The molecule has 2 aliphatic carbocycles. The molecule has 0 spiro atoms. The minimum Gasteiger partial charge on any atom is -0.492 e. The molecule has 0 radical (unpaired) electrons. The SMILES string of the molecule is C=CCOC12Oc3ccc(OCCN4CC4)cc3C3C(CCCCO)C(CCCCO)C=C(C(=NOC4CCCCO4)CC1N(C)C(=O)OCCCl)C32. The first-order valence-electron chi connectivity index (χ1n) is 19.6. The number of aliphatic hydroxyl groups is 2. The van der Waals surface area contributed by atoms with E-state index in [1.807, 2.05) is 12.1 Å². The van der Waals surface area contributed by atoms with Crippen molar-refractivity contribution in [2.75, 3.05) is 72.2 Å². The lowest BCUT2D eigenvalue weighted by molar-refractivity contribution is -0.254. The Bertz CT molecular complexity index is 1430. The molecule has 0 bridgehead atoms. The largest absolute Gasteiger partial charge is 0.492 e. The van der Waals surface area contributed by atoms with E-state index in [1.165, 1.54) is 0 Å². The van der Waals surface area contributed by atoms with Gasteiger partial charge in [0, 0.05) is 64.2 Å². The minimum absolute atomic E-state index is 0.0604. The van der Waals surface area contributed by atoms with Gasteiger partial charge in [0.1, 0.15) is 30.8 Å². The molecule has 1 aromatic carbocycles. The number of likely N-dealkylation sites (N-methyl/N-ethyl adjacent to an activating group) is 1. The molecule has 53 heavy (non-hydrogen) atoms. The zero-order valence-electron chi connectivity index (χ0n) is 31.2. The number of amides is 1. The lowest BCUT2D eigenvalue weighted by Crippen LogP contribution is -2.69. The van der Waals surface area contributed by atoms with Crippen LogP contribution in [0.2, 0.25) is 0 Å². The summed E-state index contributed by atoms with van der Waals surface area (Å²) in [5.74, 6) is -0.0253. The molecule has 3 heterocycles. The van der Waals surface area contributed by atoms with Gasteiger partial charge in [0.15, 0.2) is 0 Å². The number of hydrogen-bond acceptors (Lipinski definition) is 11. The van der Waals surface area contributed by atoms with Gasteiger partial charge < -0.3 is 43.6 Å². The third-order valence-electron chi connectivity index (χ3n) is 11.3. The number of hydrogen-bond donors (Lipinski definition) is 2. The van der Waals surface area contributed by atoms with Crippen LogP contribution in [0.5, 0.6) is 11.5 Å². The van der Waals surface area contributed by atoms with Crippen LogP contribution in [0.15, 0.2) is 47.7 Å². The van der Waals surface area contributed by atoms with Crippen LogP contribution in [0.1, 0.15) is 75.7 Å². The molecule has 7 unspecified atom stereocenters. The second kappa shape index (κ2) is 19.1. The maximum Gasteiger partial charge on any atom is 0.410 e. The number of nitrogens with zero attached hydrogens (tertiary/aromatic N) is 3. The number of unbranched alkanes of at least 4 members (excludes halogenated alkanes) is 2. The number of ether oxygens (including phenoxy) is 5. The predicted octanol–water partition coefficient (Wildman–Crippen LogP) is 5.85. The molecule has 13 heteroatoms. The van der Waals surface area contributed by atoms with Crippen LogP contribution in [0.3, 0.4) is 0 Å². The van der Waals surface area contributed by atoms with Crippen molar-refractivity contribution >= 4 is 23.4 Å². The maximum atomic E-state index is 13.7. The summed E-state index contributed by atoms with van der Waals surface area (Å²) >= 11 is 5.94. The van der Waals surface area contributed by atoms with Gasteiger partial charge >= 0.3 is 6.09 Å². The van der Waals surface area contributed by atoms with Crippen molar-refractivity contribution in [3.05, 3.63) is 48.1 Å². The molecule has 2 saturated heterocycles. The number of carbonyl (C=O) groups excluding carboxylic acids is 1. The second-order valence-electron chi connectivity index (χ2n) is 14.8. The van der Waals surface area contributed by atoms with Crippen molar-refractivity contribution in [1.82, 2.24) is 9.80 Å². The molecule has 294 valence electrons. The Morgan fingerprint density at radius 3 is 2.68 bits per heavy atom. The molecule has 7 atom stereocenters. The van der Waals surface area contributed by atoms with Crippen LogP contribution in [-0.4, -0.2) is 122 Å². The van der Waals surface area contributed by atoms with Gasteiger partial charge in [-0.3, -0.25) is 4.90 Å². The van der Waals surface area contributed by atoms with E-state index >= 15 is 0 Å². The number of halogens is 1. The fraction of sp³-hybridized carbons (Fsp3) is 0.700. The smallest absolute Gasteiger partial charge is 0.410 e. The van der Waals surface area contributed by atoms with Crippen molar-refractivity contribution < 1.29 is 43.5 Å². The Morgan fingerprint density at radius 1 is 1.15 bits per heavy atom. The van der Waals surface area contributed by atoms with E-state index in [4.69, 9.17) is 45.3 Å². The Balaban J connectivity index is 1.51. The van der Waals surface area contributed by atoms with Crippen LogP contribution >= 0.6 is 11.6 Å². The summed E-state index contributed by atoms with van der Waals surface area (Å²) in [6.07, 6.45) is 10.9. The molecule has 1 amide bonds. The van der Waals surface area contributed by atoms with Gasteiger partial charge in [-0.2, -0.15) is 0 Å². The minimum atomic E-state index is -1.35. The molecular formula is C40H58ClN3O9. The van der Waals surface area contributed by atoms with E-state index in [2.05, 4.69) is 23.6 Å². The molecule has 12 nitrogen and oxygen atoms in total. The summed E-state index contributed by atoms with van der Waals surface area (Å²) in [6, 6.07) is 5.36. The maximum absolute atomic E-state index is 13.7. The van der Waals surface area contributed by atoms with Crippen molar-refractivity contribution in [2.24, 2.45) is 22.9 Å². The first-order chi connectivity index (χ1) is 25.9. The van der Waals surface area contributed by atoms with Crippen LogP contribution in [0.25, 0.3) is 0 Å². The fourth-order valence-electron chi connectivity index (χ4n) is 8.68. The Morgan fingerprint density at radius 2 is 1.96 bits per heavy atom. The Labute approximate surface area is 319 Å². The van der Waals surface area contributed by atoms with Crippen molar-refractivity contribution in [3.8, 4) is 11.5 Å². The highest BCUT2D eigenvalue weighted by atomic mass is 35.5. The van der Waals surface area contributed by atoms with E-state index in [0.717, 1.165) is 81.5 Å². The molecule has 5 aliphatic rings. The van der Waals surface area contributed by atoms with Crippen molar-refractivity contribution in [1.29, 1.82) is 0 Å². The molecule has 6 rings (SSSR count). The quantitative estimate of drug-likeness (QED) is 0.0549. The zero-order chi connectivity index (χ0) is 37.2. The highest BCUT2D eigenvalue weighted by molar-refractivity contribution is 6.18. The topological polar surface area (TPSA) is 132 Å². The summed E-state index contributed by atoms with van der Waals surface area (Å²) in [5, 5.41) is 24.5. The number of allylic oxidation sites excluding steroid dienone is 1. The molecule has 3 fully saturated rings. The van der Waals surface area contributed by atoms with Gasteiger partial charge in [-0.25, -0.2) is 4.79 Å². The summed E-state index contributed by atoms with van der Waals surface area (Å²) in [7, 11) is 1.71. The molecule has 2 N–H and O–H groups in total. The lowest BCUT2D eigenvalue weighted by atomic mass is 9.55. The highest BCUT2D eigenvalue weighted by Crippen LogP contribution is 2.61. The zero-order valence-corrected chi connectivity index (χ0v) is 31.9. The molecule has 3 aliphatic heterocycles. The van der Waals surface area contributed by atoms with Gasteiger partial charge in [0.2, 0.25) is 12.1 Å². The van der Waals surface area contributed by atoms with Crippen LogP contribution < -0.4 is 9.47 Å². The van der Waals surface area contributed by atoms with Gasteiger partial charge in [0.05, 0.1) is 30.7 Å².